The molecule has 3 heterocycles. The molecular weight excluding hydrogens is 322 g/mol. The highest BCUT2D eigenvalue weighted by Crippen LogP contribution is 2.27. The van der Waals surface area contributed by atoms with Crippen molar-refractivity contribution in [2.75, 3.05) is 6.61 Å². The molecule has 1 atom stereocenters. The maximum atomic E-state index is 12.3. The van der Waals surface area contributed by atoms with E-state index in [-0.39, 0.29) is 11.9 Å². The van der Waals surface area contributed by atoms with E-state index in [2.05, 4.69) is 21.2 Å². The fraction of sp³-hybridized carbons (Fsp3) is 0.333. The fourth-order valence-electron chi connectivity index (χ4n) is 2.95. The minimum atomic E-state index is -0.252. The largest absolute Gasteiger partial charge is 0.370 e. The van der Waals surface area contributed by atoms with Gasteiger partial charge in [-0.3, -0.25) is 9.78 Å². The summed E-state index contributed by atoms with van der Waals surface area (Å²) in [5.41, 5.74) is 1.82. The van der Waals surface area contributed by atoms with Crippen LogP contribution in [0.3, 0.4) is 0 Å². The van der Waals surface area contributed by atoms with Gasteiger partial charge in [0.2, 0.25) is 0 Å². The van der Waals surface area contributed by atoms with Gasteiger partial charge in [-0.1, -0.05) is 23.5 Å². The Balaban J connectivity index is 1.62. The molecule has 1 aliphatic rings. The summed E-state index contributed by atoms with van der Waals surface area (Å²) in [6, 6.07) is 8.12. The molecule has 0 radical (unpaired) electrons. The zero-order valence-corrected chi connectivity index (χ0v) is 14.2. The third-order valence-electron chi connectivity index (χ3n) is 4.20. The molecule has 0 spiro atoms. The zero-order chi connectivity index (χ0) is 16.5. The Morgan fingerprint density at radius 1 is 1.29 bits per heavy atom. The van der Waals surface area contributed by atoms with Crippen LogP contribution >= 0.6 is 11.3 Å². The number of pyridine rings is 1. The molecule has 5 nitrogen and oxygen atoms in total. The Kier molecular flexibility index (Phi) is 4.08. The SMILES string of the molecule is Cc1nnc(-c2ccc3cnc(CC(=O)[C@H]4CCCO4)cc3c2)s1. The van der Waals surface area contributed by atoms with Crippen LogP contribution in [0, 0.1) is 6.92 Å². The molecule has 0 saturated carbocycles. The molecule has 0 aliphatic carbocycles. The van der Waals surface area contributed by atoms with Crippen molar-refractivity contribution in [2.45, 2.75) is 32.3 Å². The van der Waals surface area contributed by atoms with Gasteiger partial charge in [0.15, 0.2) is 5.78 Å². The third kappa shape index (κ3) is 3.07. The number of carbonyl (C=O) groups excluding carboxylic acids is 1. The van der Waals surface area contributed by atoms with Crippen molar-refractivity contribution >= 4 is 27.9 Å². The first-order valence-corrected chi connectivity index (χ1v) is 8.84. The van der Waals surface area contributed by atoms with Crippen molar-refractivity contribution in [3.8, 4) is 10.6 Å². The van der Waals surface area contributed by atoms with E-state index in [1.165, 1.54) is 0 Å². The smallest absolute Gasteiger partial charge is 0.167 e. The van der Waals surface area contributed by atoms with Crippen LogP contribution in [0.25, 0.3) is 21.3 Å². The van der Waals surface area contributed by atoms with E-state index in [1.807, 2.05) is 31.3 Å². The minimum Gasteiger partial charge on any atom is -0.370 e. The normalized spacial score (nSPS) is 17.5. The number of rotatable bonds is 4. The Labute approximate surface area is 143 Å². The van der Waals surface area contributed by atoms with E-state index in [0.717, 1.165) is 44.9 Å². The van der Waals surface area contributed by atoms with Gasteiger partial charge >= 0.3 is 0 Å². The second kappa shape index (κ2) is 6.37. The number of carbonyl (C=O) groups is 1. The third-order valence-corrected chi connectivity index (χ3v) is 5.08. The molecule has 1 aromatic carbocycles. The van der Waals surface area contributed by atoms with Crippen molar-refractivity contribution in [3.05, 3.63) is 41.2 Å². The molecule has 1 fully saturated rings. The second-order valence-corrected chi connectivity index (χ2v) is 7.19. The summed E-state index contributed by atoms with van der Waals surface area (Å²) in [5.74, 6) is 0.121. The van der Waals surface area contributed by atoms with Crippen molar-refractivity contribution in [2.24, 2.45) is 0 Å². The van der Waals surface area contributed by atoms with E-state index >= 15 is 0 Å². The van der Waals surface area contributed by atoms with Gasteiger partial charge in [0.05, 0.1) is 6.42 Å². The highest BCUT2D eigenvalue weighted by Gasteiger charge is 2.23. The van der Waals surface area contributed by atoms with Gasteiger partial charge in [0.25, 0.3) is 0 Å². The van der Waals surface area contributed by atoms with Gasteiger partial charge < -0.3 is 4.74 Å². The van der Waals surface area contributed by atoms with Crippen LogP contribution in [-0.4, -0.2) is 33.7 Å². The molecule has 0 bridgehead atoms. The maximum absolute atomic E-state index is 12.3. The van der Waals surface area contributed by atoms with Crippen LogP contribution < -0.4 is 0 Å². The van der Waals surface area contributed by atoms with Crippen LogP contribution in [0.15, 0.2) is 30.5 Å². The summed E-state index contributed by atoms with van der Waals surface area (Å²) >= 11 is 1.57. The number of hydrogen-bond donors (Lipinski definition) is 0. The van der Waals surface area contributed by atoms with Crippen molar-refractivity contribution in [1.29, 1.82) is 0 Å². The number of aryl methyl sites for hydroxylation is 1. The lowest BCUT2D eigenvalue weighted by Gasteiger charge is -2.08. The monoisotopic (exact) mass is 339 g/mol. The molecule has 3 aromatic rings. The van der Waals surface area contributed by atoms with Crippen molar-refractivity contribution in [1.82, 2.24) is 15.2 Å². The number of hydrogen-bond acceptors (Lipinski definition) is 6. The minimum absolute atomic E-state index is 0.121. The summed E-state index contributed by atoms with van der Waals surface area (Å²) in [6.45, 7) is 2.63. The van der Waals surface area contributed by atoms with E-state index in [4.69, 9.17) is 4.74 Å². The van der Waals surface area contributed by atoms with Crippen LogP contribution in [0.2, 0.25) is 0 Å². The lowest BCUT2D eigenvalue weighted by molar-refractivity contribution is -0.127. The number of ether oxygens (including phenoxy) is 1. The predicted octanol–water partition coefficient (Wildman–Crippen LogP) is 3.35. The molecule has 24 heavy (non-hydrogen) atoms. The van der Waals surface area contributed by atoms with E-state index in [0.29, 0.717) is 13.0 Å². The Bertz CT molecular complexity index is 900. The second-order valence-electron chi connectivity index (χ2n) is 6.01. The summed E-state index contributed by atoms with van der Waals surface area (Å²) in [7, 11) is 0. The molecule has 0 unspecified atom stereocenters. The van der Waals surface area contributed by atoms with Gasteiger partial charge in [-0.25, -0.2) is 0 Å². The van der Waals surface area contributed by atoms with E-state index in [1.54, 1.807) is 11.3 Å². The molecule has 122 valence electrons. The lowest BCUT2D eigenvalue weighted by atomic mass is 10.0. The summed E-state index contributed by atoms with van der Waals surface area (Å²) in [5, 5.41) is 12.2. The van der Waals surface area contributed by atoms with Gasteiger partial charge in [0, 0.05) is 29.4 Å². The van der Waals surface area contributed by atoms with Crippen LogP contribution in [0.1, 0.15) is 23.5 Å². The van der Waals surface area contributed by atoms with Crippen LogP contribution in [0.5, 0.6) is 0 Å². The molecular formula is C18H17N3O2S. The van der Waals surface area contributed by atoms with E-state index < -0.39 is 0 Å². The first-order chi connectivity index (χ1) is 11.7. The molecule has 2 aromatic heterocycles. The van der Waals surface area contributed by atoms with Gasteiger partial charge in [-0.2, -0.15) is 0 Å². The molecule has 0 amide bonds. The maximum Gasteiger partial charge on any atom is 0.167 e. The zero-order valence-electron chi connectivity index (χ0n) is 13.4. The molecule has 0 N–H and O–H groups in total. The first-order valence-electron chi connectivity index (χ1n) is 8.02. The molecule has 4 rings (SSSR count). The lowest BCUT2D eigenvalue weighted by Crippen LogP contribution is -2.21. The van der Waals surface area contributed by atoms with E-state index in [9.17, 15) is 4.79 Å². The van der Waals surface area contributed by atoms with Gasteiger partial charge in [-0.15, -0.1) is 10.2 Å². The van der Waals surface area contributed by atoms with Crippen molar-refractivity contribution < 1.29 is 9.53 Å². The summed E-state index contributed by atoms with van der Waals surface area (Å²) < 4.78 is 5.46. The number of fused-ring (bicyclic) bond motifs is 1. The molecule has 1 aliphatic heterocycles. The number of nitrogens with zero attached hydrogens (tertiary/aromatic N) is 3. The first kappa shape index (κ1) is 15.4. The quantitative estimate of drug-likeness (QED) is 0.729. The average molecular weight is 339 g/mol. The highest BCUT2D eigenvalue weighted by molar-refractivity contribution is 7.14. The van der Waals surface area contributed by atoms with Crippen LogP contribution in [0.4, 0.5) is 0 Å². The fourth-order valence-corrected chi connectivity index (χ4v) is 3.64. The Hall–Kier alpha value is -2.18. The number of aromatic nitrogens is 3. The average Bonchev–Trinajstić information content (AvgIpc) is 3.25. The van der Waals surface area contributed by atoms with Gasteiger partial charge in [-0.05, 0) is 37.3 Å². The topological polar surface area (TPSA) is 65.0 Å². The Morgan fingerprint density at radius 2 is 2.21 bits per heavy atom. The Morgan fingerprint density at radius 3 is 2.96 bits per heavy atom. The number of benzene rings is 1. The summed E-state index contributed by atoms with van der Waals surface area (Å²) in [4.78, 5) is 16.7. The standard InChI is InChI=1S/C18H17N3O2S/c1-11-20-21-18(24-11)12-4-5-13-10-19-15(8-14(13)7-12)9-16(22)17-3-2-6-23-17/h4-5,7-8,10,17H,2-3,6,9H2,1H3/t17-/m1/s1. The van der Waals surface area contributed by atoms with Crippen molar-refractivity contribution in [3.63, 3.8) is 0 Å². The number of ketones is 1. The molecule has 1 saturated heterocycles. The molecule has 6 heteroatoms. The predicted molar refractivity (Wildman–Crippen MR) is 93.1 cm³/mol. The highest BCUT2D eigenvalue weighted by atomic mass is 32.1. The van der Waals surface area contributed by atoms with Gasteiger partial charge in [0.1, 0.15) is 16.1 Å². The summed E-state index contributed by atoms with van der Waals surface area (Å²) in [6.07, 6.45) is 3.68. The van der Waals surface area contributed by atoms with Crippen LogP contribution in [-0.2, 0) is 16.0 Å². The number of Topliss-reactive ketones (excluding diaryl/α,β-unsaturated/α-hetero) is 1.